The summed E-state index contributed by atoms with van der Waals surface area (Å²) in [5, 5.41) is 9.96. The van der Waals surface area contributed by atoms with Crippen LogP contribution in [0.3, 0.4) is 0 Å². The Morgan fingerprint density at radius 3 is 2.39 bits per heavy atom. The molecule has 124 valence electrons. The summed E-state index contributed by atoms with van der Waals surface area (Å²) in [6, 6.07) is 8.98. The molecule has 0 heterocycles. The minimum atomic E-state index is -0.417. The summed E-state index contributed by atoms with van der Waals surface area (Å²) in [7, 11) is 1.61. The van der Waals surface area contributed by atoms with Crippen molar-refractivity contribution in [3.8, 4) is 11.5 Å². The number of hydrogen-bond acceptors (Lipinski definition) is 4. The smallest absolute Gasteiger partial charge is 0.125 e. The van der Waals surface area contributed by atoms with E-state index in [4.69, 9.17) is 26.8 Å². The average Bonchev–Trinajstić information content (AvgIpc) is 2.56. The van der Waals surface area contributed by atoms with Gasteiger partial charge >= 0.3 is 0 Å². The molecular weight excluding hydrogens is 314 g/mol. The van der Waals surface area contributed by atoms with Crippen LogP contribution >= 0.6 is 11.6 Å². The van der Waals surface area contributed by atoms with Crippen LogP contribution in [-0.4, -0.2) is 18.8 Å². The van der Waals surface area contributed by atoms with Gasteiger partial charge in [0.2, 0.25) is 0 Å². The minimum absolute atomic E-state index is 0.109. The van der Waals surface area contributed by atoms with Crippen LogP contribution in [0.15, 0.2) is 30.3 Å². The van der Waals surface area contributed by atoms with Crippen LogP contribution in [0.5, 0.6) is 11.5 Å². The number of rotatable bonds is 6. The number of halogens is 1. The number of methoxy groups -OCH3 is 1. The van der Waals surface area contributed by atoms with Crippen molar-refractivity contribution in [2.45, 2.75) is 26.5 Å². The predicted molar refractivity (Wildman–Crippen MR) is 92.3 cm³/mol. The summed E-state index contributed by atoms with van der Waals surface area (Å²) in [5.41, 5.74) is 9.54. The van der Waals surface area contributed by atoms with E-state index >= 15 is 0 Å². The molecule has 0 aliphatic rings. The number of aryl methyl sites for hydroxylation is 2. The fourth-order valence-electron chi connectivity index (χ4n) is 2.40. The van der Waals surface area contributed by atoms with E-state index in [0.717, 1.165) is 38.8 Å². The fraction of sp³-hybridized carbons (Fsp3) is 0.333. The maximum atomic E-state index is 9.20. The Morgan fingerprint density at radius 2 is 1.83 bits per heavy atom. The minimum Gasteiger partial charge on any atom is -0.496 e. The number of aliphatic hydroxyl groups excluding tert-OH is 1. The van der Waals surface area contributed by atoms with E-state index in [1.807, 2.05) is 44.2 Å². The molecule has 4 nitrogen and oxygen atoms in total. The highest BCUT2D eigenvalue weighted by Gasteiger charge is 2.11. The van der Waals surface area contributed by atoms with Gasteiger partial charge in [0.15, 0.2) is 0 Å². The lowest BCUT2D eigenvalue weighted by molar-refractivity contribution is 0.267. The molecule has 2 aromatic carbocycles. The summed E-state index contributed by atoms with van der Waals surface area (Å²) >= 11 is 6.17. The van der Waals surface area contributed by atoms with Gasteiger partial charge in [-0.05, 0) is 54.8 Å². The molecule has 2 aromatic rings. The van der Waals surface area contributed by atoms with E-state index in [1.165, 1.54) is 0 Å². The molecule has 0 unspecified atom stereocenters. The summed E-state index contributed by atoms with van der Waals surface area (Å²) in [4.78, 5) is 0. The van der Waals surface area contributed by atoms with Crippen molar-refractivity contribution in [3.63, 3.8) is 0 Å². The third-order valence-corrected chi connectivity index (χ3v) is 4.33. The van der Waals surface area contributed by atoms with Crippen molar-refractivity contribution in [3.05, 3.63) is 57.6 Å². The van der Waals surface area contributed by atoms with Crippen LogP contribution in [0.4, 0.5) is 0 Å². The molecule has 0 spiro atoms. The molecule has 0 saturated heterocycles. The summed E-state index contributed by atoms with van der Waals surface area (Å²) in [6.07, 6.45) is 0. The SMILES string of the molecule is COc1ccc([C@H](N)CO)cc1COc1cc(C)c(Cl)c(C)c1. The van der Waals surface area contributed by atoms with Crippen LogP contribution in [0.2, 0.25) is 5.02 Å². The molecule has 3 N–H and O–H groups in total. The standard InChI is InChI=1S/C18H22ClNO3/c1-11-6-15(7-12(2)18(11)19)23-10-14-8-13(16(20)9-21)4-5-17(14)22-3/h4-8,16,21H,9-10,20H2,1-3H3/t16-/m1/s1. The van der Waals surface area contributed by atoms with Crippen molar-refractivity contribution in [2.75, 3.05) is 13.7 Å². The van der Waals surface area contributed by atoms with Gasteiger partial charge in [0, 0.05) is 10.6 Å². The van der Waals surface area contributed by atoms with Gasteiger partial charge in [0.25, 0.3) is 0 Å². The second kappa shape index (κ2) is 7.68. The van der Waals surface area contributed by atoms with Crippen molar-refractivity contribution >= 4 is 11.6 Å². The van der Waals surface area contributed by atoms with Gasteiger partial charge in [0.05, 0.1) is 19.8 Å². The van der Waals surface area contributed by atoms with Gasteiger partial charge in [-0.15, -0.1) is 0 Å². The second-order valence-corrected chi connectivity index (χ2v) is 5.90. The van der Waals surface area contributed by atoms with E-state index in [-0.39, 0.29) is 6.61 Å². The number of aliphatic hydroxyl groups is 1. The van der Waals surface area contributed by atoms with Gasteiger partial charge in [-0.25, -0.2) is 0 Å². The first-order chi connectivity index (χ1) is 11.0. The second-order valence-electron chi connectivity index (χ2n) is 5.52. The Bertz CT molecular complexity index is 665. The first-order valence-corrected chi connectivity index (χ1v) is 7.76. The van der Waals surface area contributed by atoms with Gasteiger partial charge in [0.1, 0.15) is 18.1 Å². The Balaban J connectivity index is 2.22. The van der Waals surface area contributed by atoms with Gasteiger partial charge in [-0.2, -0.15) is 0 Å². The van der Waals surface area contributed by atoms with Gasteiger partial charge in [-0.1, -0.05) is 17.7 Å². The number of nitrogens with two attached hydrogens (primary N) is 1. The Kier molecular flexibility index (Phi) is 5.88. The van der Waals surface area contributed by atoms with Crippen molar-refractivity contribution in [1.29, 1.82) is 0 Å². The molecule has 0 bridgehead atoms. The first kappa shape index (κ1) is 17.6. The molecule has 0 saturated carbocycles. The molecule has 0 aliphatic heterocycles. The van der Waals surface area contributed by atoms with Gasteiger partial charge < -0.3 is 20.3 Å². The molecular formula is C18H22ClNO3. The number of ether oxygens (including phenoxy) is 2. The number of hydrogen-bond donors (Lipinski definition) is 2. The highest BCUT2D eigenvalue weighted by molar-refractivity contribution is 6.32. The lowest BCUT2D eigenvalue weighted by atomic mass is 10.0. The Hall–Kier alpha value is -1.75. The first-order valence-electron chi connectivity index (χ1n) is 7.39. The quantitative estimate of drug-likeness (QED) is 0.847. The molecule has 5 heteroatoms. The van der Waals surface area contributed by atoms with Crippen LogP contribution in [-0.2, 0) is 6.61 Å². The molecule has 1 atom stereocenters. The Morgan fingerprint density at radius 1 is 1.17 bits per heavy atom. The fourth-order valence-corrected chi connectivity index (χ4v) is 2.51. The lowest BCUT2D eigenvalue weighted by Gasteiger charge is -2.15. The van der Waals surface area contributed by atoms with Crippen LogP contribution < -0.4 is 15.2 Å². The molecule has 0 fully saturated rings. The molecule has 0 radical (unpaired) electrons. The van der Waals surface area contributed by atoms with Crippen molar-refractivity contribution in [1.82, 2.24) is 0 Å². The Labute approximate surface area is 141 Å². The van der Waals surface area contributed by atoms with E-state index in [2.05, 4.69) is 0 Å². The highest BCUT2D eigenvalue weighted by atomic mass is 35.5. The van der Waals surface area contributed by atoms with E-state index in [9.17, 15) is 5.11 Å². The predicted octanol–water partition coefficient (Wildman–Crippen LogP) is 3.54. The van der Waals surface area contributed by atoms with Crippen LogP contribution in [0, 0.1) is 13.8 Å². The van der Waals surface area contributed by atoms with Crippen molar-refractivity contribution < 1.29 is 14.6 Å². The summed E-state index contributed by atoms with van der Waals surface area (Å²) in [6.45, 7) is 4.13. The zero-order valence-corrected chi connectivity index (χ0v) is 14.4. The lowest BCUT2D eigenvalue weighted by Crippen LogP contribution is -2.15. The van der Waals surface area contributed by atoms with Crippen LogP contribution in [0.1, 0.15) is 28.3 Å². The van der Waals surface area contributed by atoms with Crippen LogP contribution in [0.25, 0.3) is 0 Å². The largest absolute Gasteiger partial charge is 0.496 e. The average molecular weight is 336 g/mol. The third kappa shape index (κ3) is 4.16. The number of benzene rings is 2. The van der Waals surface area contributed by atoms with E-state index < -0.39 is 6.04 Å². The highest BCUT2D eigenvalue weighted by Crippen LogP contribution is 2.28. The maximum absolute atomic E-state index is 9.20. The summed E-state index contributed by atoms with van der Waals surface area (Å²) < 4.78 is 11.2. The molecule has 0 aliphatic carbocycles. The molecule has 0 aromatic heterocycles. The molecule has 2 rings (SSSR count). The topological polar surface area (TPSA) is 64.7 Å². The van der Waals surface area contributed by atoms with Gasteiger partial charge in [-0.3, -0.25) is 0 Å². The van der Waals surface area contributed by atoms with E-state index in [1.54, 1.807) is 7.11 Å². The maximum Gasteiger partial charge on any atom is 0.125 e. The molecule has 0 amide bonds. The summed E-state index contributed by atoms with van der Waals surface area (Å²) in [5.74, 6) is 1.48. The normalized spacial score (nSPS) is 12.1. The third-order valence-electron chi connectivity index (χ3n) is 3.73. The molecule has 23 heavy (non-hydrogen) atoms. The monoisotopic (exact) mass is 335 g/mol. The zero-order valence-electron chi connectivity index (χ0n) is 13.6. The zero-order chi connectivity index (χ0) is 17.0. The van der Waals surface area contributed by atoms with E-state index in [0.29, 0.717) is 6.61 Å². The van der Waals surface area contributed by atoms with Crippen molar-refractivity contribution in [2.24, 2.45) is 5.73 Å².